The monoisotopic (exact) mass is 390 g/mol. The first-order valence-corrected chi connectivity index (χ1v) is 9.52. The Kier molecular flexibility index (Phi) is 6.34. The van der Waals surface area contributed by atoms with Crippen LogP contribution in [-0.4, -0.2) is 18.6 Å². The van der Waals surface area contributed by atoms with Crippen LogP contribution in [0.4, 0.5) is 4.39 Å². The molecule has 6 heteroatoms. The van der Waals surface area contributed by atoms with E-state index < -0.39 is 11.7 Å². The molecule has 2 aromatic carbocycles. The lowest BCUT2D eigenvalue weighted by Crippen LogP contribution is -2.29. The van der Waals surface area contributed by atoms with Crippen LogP contribution in [0.3, 0.4) is 0 Å². The van der Waals surface area contributed by atoms with Gasteiger partial charge in [0.1, 0.15) is 11.6 Å². The van der Waals surface area contributed by atoms with Gasteiger partial charge in [-0.2, -0.15) is 0 Å². The second-order valence-electron chi connectivity index (χ2n) is 7.09. The Balaban J connectivity index is 1.55. The first kappa shape index (κ1) is 19.6. The molecule has 0 aromatic heterocycles. The minimum absolute atomic E-state index is 0.108. The van der Waals surface area contributed by atoms with E-state index in [0.29, 0.717) is 17.7 Å². The maximum absolute atomic E-state index is 13.3. The van der Waals surface area contributed by atoms with Crippen LogP contribution in [0.1, 0.15) is 49.3 Å². The molecule has 3 N–H and O–H groups in total. The van der Waals surface area contributed by atoms with Gasteiger partial charge in [0, 0.05) is 12.1 Å². The fraction of sp³-hybridized carbons (Fsp3) is 0.381. The summed E-state index contributed by atoms with van der Waals surface area (Å²) in [6, 6.07) is 13.2. The number of carbonyl (C=O) groups excluding carboxylic acids is 1. The number of primary amides is 1. The third kappa shape index (κ3) is 5.21. The highest BCUT2D eigenvalue weighted by Crippen LogP contribution is 2.36. The molecule has 144 valence electrons. The van der Waals surface area contributed by atoms with E-state index >= 15 is 0 Å². The Hall–Kier alpha value is -2.11. The number of halogens is 2. The lowest BCUT2D eigenvalue weighted by atomic mass is 9.97. The van der Waals surface area contributed by atoms with Gasteiger partial charge in [-0.05, 0) is 67.5 Å². The highest BCUT2D eigenvalue weighted by atomic mass is 35.5. The summed E-state index contributed by atoms with van der Waals surface area (Å²) in [5, 5.41) is 3.79. The highest BCUT2D eigenvalue weighted by molar-refractivity contribution is 6.30. The van der Waals surface area contributed by atoms with E-state index in [1.807, 2.05) is 24.3 Å². The molecule has 1 amide bonds. The minimum Gasteiger partial charge on any atom is -0.484 e. The Morgan fingerprint density at radius 1 is 1.30 bits per heavy atom. The normalized spacial score (nSPS) is 20.4. The summed E-state index contributed by atoms with van der Waals surface area (Å²) < 4.78 is 18.6. The number of amides is 1. The Morgan fingerprint density at radius 3 is 2.70 bits per heavy atom. The van der Waals surface area contributed by atoms with Crippen molar-refractivity contribution in [2.75, 3.05) is 6.61 Å². The lowest BCUT2D eigenvalue weighted by Gasteiger charge is -2.20. The largest absolute Gasteiger partial charge is 0.484 e. The van der Waals surface area contributed by atoms with E-state index in [9.17, 15) is 9.18 Å². The average Bonchev–Trinajstić information content (AvgIpc) is 3.11. The molecule has 0 bridgehead atoms. The topological polar surface area (TPSA) is 64.3 Å². The summed E-state index contributed by atoms with van der Waals surface area (Å²) in [5.41, 5.74) is 7.34. The average molecular weight is 391 g/mol. The molecule has 0 saturated heterocycles. The second-order valence-corrected chi connectivity index (χ2v) is 7.50. The third-order valence-electron chi connectivity index (χ3n) is 5.09. The molecule has 0 aliphatic heterocycles. The van der Waals surface area contributed by atoms with Crippen molar-refractivity contribution in [1.82, 2.24) is 5.32 Å². The van der Waals surface area contributed by atoms with Crippen LogP contribution in [0.25, 0.3) is 0 Å². The van der Waals surface area contributed by atoms with Gasteiger partial charge in [-0.3, -0.25) is 4.79 Å². The van der Waals surface area contributed by atoms with Crippen LogP contribution in [0.15, 0.2) is 42.5 Å². The smallest absolute Gasteiger partial charge is 0.255 e. The zero-order valence-corrected chi connectivity index (χ0v) is 16.0. The predicted molar refractivity (Wildman–Crippen MR) is 104 cm³/mol. The van der Waals surface area contributed by atoms with Crippen molar-refractivity contribution in [2.24, 2.45) is 5.73 Å². The molecule has 3 rings (SSSR count). The zero-order chi connectivity index (χ0) is 19.4. The molecular formula is C21H24ClFN2O2. The summed E-state index contributed by atoms with van der Waals surface area (Å²) in [6.45, 7) is 1.96. The number of nitrogens with one attached hydrogen (secondary N) is 1. The molecule has 2 aromatic rings. The van der Waals surface area contributed by atoms with Crippen molar-refractivity contribution in [2.45, 2.75) is 44.2 Å². The molecule has 0 radical (unpaired) electrons. The van der Waals surface area contributed by atoms with Gasteiger partial charge in [-0.25, -0.2) is 4.39 Å². The quantitative estimate of drug-likeness (QED) is 0.739. The molecule has 1 saturated carbocycles. The molecular weight excluding hydrogens is 367 g/mol. The number of hydrogen-bond acceptors (Lipinski definition) is 3. The fourth-order valence-corrected chi connectivity index (χ4v) is 3.85. The maximum atomic E-state index is 13.3. The molecule has 0 heterocycles. The summed E-state index contributed by atoms with van der Waals surface area (Å²) in [6.07, 6.45) is 3.24. The highest BCUT2D eigenvalue weighted by Gasteiger charge is 2.27. The van der Waals surface area contributed by atoms with E-state index in [2.05, 4.69) is 12.2 Å². The van der Waals surface area contributed by atoms with Crippen LogP contribution in [0.2, 0.25) is 5.02 Å². The fourth-order valence-electron chi connectivity index (χ4n) is 3.66. The molecule has 3 atom stereocenters. The molecule has 27 heavy (non-hydrogen) atoms. The van der Waals surface area contributed by atoms with Gasteiger partial charge in [0.25, 0.3) is 5.91 Å². The van der Waals surface area contributed by atoms with Crippen LogP contribution < -0.4 is 15.8 Å². The molecule has 0 spiro atoms. The van der Waals surface area contributed by atoms with Crippen molar-refractivity contribution in [3.8, 4) is 5.75 Å². The van der Waals surface area contributed by atoms with Crippen LogP contribution in [-0.2, 0) is 4.79 Å². The maximum Gasteiger partial charge on any atom is 0.255 e. The van der Waals surface area contributed by atoms with Gasteiger partial charge in [0.15, 0.2) is 6.61 Å². The third-order valence-corrected chi connectivity index (χ3v) is 5.38. The second kappa shape index (κ2) is 8.72. The number of rotatable bonds is 7. The molecule has 4 nitrogen and oxygen atoms in total. The van der Waals surface area contributed by atoms with Gasteiger partial charge in [0.05, 0.1) is 5.02 Å². The summed E-state index contributed by atoms with van der Waals surface area (Å²) >= 11 is 5.89. The summed E-state index contributed by atoms with van der Waals surface area (Å²) in [5.74, 6) is 0.251. The summed E-state index contributed by atoms with van der Waals surface area (Å²) in [4.78, 5) is 10.8. The van der Waals surface area contributed by atoms with Crippen LogP contribution in [0, 0.1) is 5.82 Å². The molecule has 1 fully saturated rings. The van der Waals surface area contributed by atoms with E-state index in [1.54, 1.807) is 12.1 Å². The van der Waals surface area contributed by atoms with Gasteiger partial charge < -0.3 is 15.8 Å². The van der Waals surface area contributed by atoms with E-state index in [1.165, 1.54) is 11.6 Å². The zero-order valence-electron chi connectivity index (χ0n) is 15.3. The van der Waals surface area contributed by atoms with Gasteiger partial charge in [-0.15, -0.1) is 0 Å². The van der Waals surface area contributed by atoms with Crippen molar-refractivity contribution in [3.63, 3.8) is 0 Å². The standard InChI is InChI=1S/C21H24ClFN2O2/c1-13(15-5-9-20(23)19(22)11-15)25-17-6-2-16(10-17)14-3-7-18(8-4-14)27-12-21(24)26/h3-5,7-9,11,13,16-17,25H,2,6,10,12H2,1H3,(H2,24,26)/t13-,16-,17?/m1/s1. The Bertz CT molecular complexity index is 797. The van der Waals surface area contributed by atoms with Crippen molar-refractivity contribution in [1.29, 1.82) is 0 Å². The lowest BCUT2D eigenvalue weighted by molar-refractivity contribution is -0.119. The first-order chi connectivity index (χ1) is 12.9. The Labute approximate surface area is 163 Å². The van der Waals surface area contributed by atoms with Gasteiger partial charge in [-0.1, -0.05) is 29.8 Å². The van der Waals surface area contributed by atoms with Crippen LogP contribution in [0.5, 0.6) is 5.75 Å². The van der Waals surface area contributed by atoms with E-state index in [0.717, 1.165) is 24.8 Å². The van der Waals surface area contributed by atoms with E-state index in [-0.39, 0.29) is 17.7 Å². The number of hydrogen-bond donors (Lipinski definition) is 2. The van der Waals surface area contributed by atoms with Gasteiger partial charge >= 0.3 is 0 Å². The molecule has 1 aliphatic rings. The van der Waals surface area contributed by atoms with Gasteiger partial charge in [0.2, 0.25) is 0 Å². The Morgan fingerprint density at radius 2 is 2.04 bits per heavy atom. The van der Waals surface area contributed by atoms with Crippen molar-refractivity contribution < 1.29 is 13.9 Å². The minimum atomic E-state index is -0.486. The first-order valence-electron chi connectivity index (χ1n) is 9.14. The van der Waals surface area contributed by atoms with Crippen LogP contribution >= 0.6 is 11.6 Å². The SMILES string of the molecule is C[C@@H](NC1CC[C@@H](c2ccc(OCC(N)=O)cc2)C1)c1ccc(F)c(Cl)c1. The number of benzene rings is 2. The number of carbonyl (C=O) groups is 1. The molecule has 1 aliphatic carbocycles. The molecule has 1 unspecified atom stereocenters. The van der Waals surface area contributed by atoms with Crippen molar-refractivity contribution >= 4 is 17.5 Å². The summed E-state index contributed by atoms with van der Waals surface area (Å²) in [7, 11) is 0. The van der Waals surface area contributed by atoms with Crippen molar-refractivity contribution in [3.05, 3.63) is 64.4 Å². The number of ether oxygens (including phenoxy) is 1. The van der Waals surface area contributed by atoms with E-state index in [4.69, 9.17) is 22.1 Å². The predicted octanol–water partition coefficient (Wildman–Crippen LogP) is 4.33. The number of nitrogens with two attached hydrogens (primary N) is 1.